The smallest absolute Gasteiger partial charge is 0.235 e. The van der Waals surface area contributed by atoms with Crippen LogP contribution >= 0.6 is 0 Å². The molecule has 0 amide bonds. The van der Waals surface area contributed by atoms with Gasteiger partial charge in [-0.25, -0.2) is 26.7 Å². The van der Waals surface area contributed by atoms with Crippen molar-refractivity contribution in [1.29, 1.82) is 0 Å². The van der Waals surface area contributed by atoms with Gasteiger partial charge in [0.1, 0.15) is 0 Å². The van der Waals surface area contributed by atoms with Gasteiger partial charge < -0.3 is 0 Å². The second-order valence-corrected chi connectivity index (χ2v) is 3.36. The Labute approximate surface area is 61.7 Å². The van der Waals surface area contributed by atoms with Gasteiger partial charge in [-0.1, -0.05) is 6.58 Å². The van der Waals surface area contributed by atoms with E-state index >= 15 is 0 Å². The lowest BCUT2D eigenvalue weighted by atomic mass is 10.4. The van der Waals surface area contributed by atoms with Crippen LogP contribution in [-0.4, -0.2) is 21.0 Å². The largest absolute Gasteiger partial charge is 0.274 e. The van der Waals surface area contributed by atoms with Crippen molar-refractivity contribution in [1.82, 2.24) is 0 Å². The van der Waals surface area contributed by atoms with Crippen molar-refractivity contribution in [2.24, 2.45) is 5.14 Å². The third-order valence-corrected chi connectivity index (χ3v) is 1.85. The van der Waals surface area contributed by atoms with E-state index in [4.69, 9.17) is 0 Å². The summed E-state index contributed by atoms with van der Waals surface area (Å²) in [5.74, 6) is 0. The van der Waals surface area contributed by atoms with Gasteiger partial charge in [-0.2, -0.15) is 0 Å². The molecule has 0 radical (unpaired) electrons. The maximum atomic E-state index is 12.1. The lowest BCUT2D eigenvalue weighted by Crippen LogP contribution is -2.25. The lowest BCUT2D eigenvalue weighted by Gasteiger charge is -2.06. The van der Waals surface area contributed by atoms with Gasteiger partial charge in [-0.3, -0.25) is 0 Å². The zero-order valence-electron chi connectivity index (χ0n) is 5.30. The van der Waals surface area contributed by atoms with E-state index in [1.54, 1.807) is 0 Å². The first-order chi connectivity index (χ1) is 4.76. The first kappa shape index (κ1) is 10.4. The highest BCUT2D eigenvalue weighted by molar-refractivity contribution is 7.93. The molecule has 2 N–H and O–H groups in total. The number of nitrogens with two attached hydrogens (primary N) is 1. The van der Waals surface area contributed by atoms with Gasteiger partial charge in [0, 0.05) is 0 Å². The van der Waals surface area contributed by atoms with Gasteiger partial charge in [-0.05, 0) is 0 Å². The average Bonchev–Trinajstić information content (AvgIpc) is 1.82. The van der Waals surface area contributed by atoms with Crippen molar-refractivity contribution in [3.8, 4) is 0 Å². The van der Waals surface area contributed by atoms with Gasteiger partial charge in [0.25, 0.3) is 6.43 Å². The number of sulfonamides is 1. The third-order valence-electron chi connectivity index (χ3n) is 0.894. The van der Waals surface area contributed by atoms with E-state index in [9.17, 15) is 21.6 Å². The number of halogens is 3. The summed E-state index contributed by atoms with van der Waals surface area (Å²) in [7, 11) is -4.40. The molecule has 0 rings (SSSR count). The molecule has 0 aromatic heterocycles. The van der Waals surface area contributed by atoms with Crippen LogP contribution in [0.15, 0.2) is 11.5 Å². The molecule has 7 heteroatoms. The molecule has 0 saturated carbocycles. The number of rotatable bonds is 3. The zero-order valence-corrected chi connectivity index (χ0v) is 6.11. The van der Waals surface area contributed by atoms with E-state index < -0.39 is 27.5 Å². The summed E-state index contributed by atoms with van der Waals surface area (Å²) in [5, 5.41) is 4.32. The molecular formula is C4H6F3NO2S. The van der Waals surface area contributed by atoms with E-state index in [1.807, 2.05) is 0 Å². The average molecular weight is 189 g/mol. The van der Waals surface area contributed by atoms with Crippen LogP contribution in [0.25, 0.3) is 0 Å². The molecule has 3 nitrogen and oxygen atoms in total. The Bertz CT molecular complexity index is 248. The van der Waals surface area contributed by atoms with Crippen molar-refractivity contribution in [3.63, 3.8) is 0 Å². The van der Waals surface area contributed by atoms with Gasteiger partial charge in [0.15, 0.2) is 6.17 Å². The van der Waals surface area contributed by atoms with E-state index in [0.717, 1.165) is 0 Å². The van der Waals surface area contributed by atoms with Crippen molar-refractivity contribution >= 4 is 10.0 Å². The lowest BCUT2D eigenvalue weighted by molar-refractivity contribution is 0.0728. The zero-order chi connectivity index (χ0) is 9.23. The summed E-state index contributed by atoms with van der Waals surface area (Å²) in [6, 6.07) is 0. The molecule has 0 aliphatic rings. The van der Waals surface area contributed by atoms with Gasteiger partial charge in [0.05, 0.1) is 4.91 Å². The number of alkyl halides is 3. The Morgan fingerprint density at radius 1 is 1.36 bits per heavy atom. The van der Waals surface area contributed by atoms with E-state index in [2.05, 4.69) is 11.7 Å². The summed E-state index contributed by atoms with van der Waals surface area (Å²) in [6.07, 6.45) is -6.33. The maximum Gasteiger partial charge on any atom is 0.274 e. The Balaban J connectivity index is 4.53. The molecular weight excluding hydrogens is 183 g/mol. The van der Waals surface area contributed by atoms with Crippen LogP contribution in [0.5, 0.6) is 0 Å². The second-order valence-electron chi connectivity index (χ2n) is 1.75. The van der Waals surface area contributed by atoms with Crippen LogP contribution in [0.1, 0.15) is 0 Å². The van der Waals surface area contributed by atoms with Crippen LogP contribution in [0, 0.1) is 0 Å². The summed E-state index contributed by atoms with van der Waals surface area (Å²) in [5.41, 5.74) is 0. The monoisotopic (exact) mass is 189 g/mol. The maximum absolute atomic E-state index is 12.1. The fraction of sp³-hybridized carbons (Fsp3) is 0.500. The number of allylic oxidation sites excluding steroid dienone is 1. The topological polar surface area (TPSA) is 60.2 Å². The Hall–Kier alpha value is -0.560. The van der Waals surface area contributed by atoms with Crippen LogP contribution in [0.2, 0.25) is 0 Å². The van der Waals surface area contributed by atoms with Crippen molar-refractivity contribution in [3.05, 3.63) is 11.5 Å². The van der Waals surface area contributed by atoms with Crippen molar-refractivity contribution in [2.75, 3.05) is 0 Å². The fourth-order valence-corrected chi connectivity index (χ4v) is 0.714. The highest BCUT2D eigenvalue weighted by Crippen LogP contribution is 2.16. The SMILES string of the molecule is C=C(C(F)C(F)F)S(N)(=O)=O. The van der Waals surface area contributed by atoms with Crippen LogP contribution < -0.4 is 5.14 Å². The molecule has 0 aliphatic carbocycles. The summed E-state index contributed by atoms with van der Waals surface area (Å²) in [4.78, 5) is -1.30. The normalized spacial score (nSPS) is 15.0. The van der Waals surface area contributed by atoms with E-state index in [-0.39, 0.29) is 0 Å². The first-order valence-electron chi connectivity index (χ1n) is 2.40. The predicted molar refractivity (Wildman–Crippen MR) is 33.1 cm³/mol. The molecule has 0 fully saturated rings. The number of hydrogen-bond donors (Lipinski definition) is 1. The highest BCUT2D eigenvalue weighted by atomic mass is 32.2. The first-order valence-corrected chi connectivity index (χ1v) is 3.95. The summed E-state index contributed by atoms with van der Waals surface area (Å²) >= 11 is 0. The van der Waals surface area contributed by atoms with Crippen LogP contribution in [0.4, 0.5) is 13.2 Å². The van der Waals surface area contributed by atoms with Crippen molar-refractivity contribution in [2.45, 2.75) is 12.6 Å². The van der Waals surface area contributed by atoms with Crippen LogP contribution in [0.3, 0.4) is 0 Å². The minimum absolute atomic E-state index is 1.30. The van der Waals surface area contributed by atoms with Gasteiger partial charge in [-0.15, -0.1) is 0 Å². The fourth-order valence-electron chi connectivity index (χ4n) is 0.297. The molecule has 66 valence electrons. The van der Waals surface area contributed by atoms with Crippen LogP contribution in [-0.2, 0) is 10.0 Å². The van der Waals surface area contributed by atoms with Gasteiger partial charge >= 0.3 is 0 Å². The minimum Gasteiger partial charge on any atom is -0.235 e. The summed E-state index contributed by atoms with van der Waals surface area (Å²) < 4.78 is 55.4. The Kier molecular flexibility index (Phi) is 3.06. The predicted octanol–water partition coefficient (Wildman–Crippen LogP) is 0.392. The van der Waals surface area contributed by atoms with Crippen molar-refractivity contribution < 1.29 is 21.6 Å². The molecule has 0 saturated heterocycles. The molecule has 0 spiro atoms. The second kappa shape index (κ2) is 3.22. The quantitative estimate of drug-likeness (QED) is 0.698. The minimum atomic E-state index is -4.40. The molecule has 0 aromatic rings. The Morgan fingerprint density at radius 2 is 1.73 bits per heavy atom. The molecule has 1 atom stereocenters. The molecule has 1 unspecified atom stereocenters. The molecule has 0 aliphatic heterocycles. The molecule has 11 heavy (non-hydrogen) atoms. The number of hydrogen-bond acceptors (Lipinski definition) is 2. The molecule has 0 bridgehead atoms. The van der Waals surface area contributed by atoms with E-state index in [1.165, 1.54) is 0 Å². The third kappa shape index (κ3) is 2.89. The summed E-state index contributed by atoms with van der Waals surface area (Å²) in [6.45, 7) is 2.58. The molecule has 0 heterocycles. The highest BCUT2D eigenvalue weighted by Gasteiger charge is 2.29. The standard InChI is InChI=1S/C4H6F3NO2S/c1-2(11(8,9)10)3(5)4(6)7/h3-4H,1H2,(H2,8,9,10). The van der Waals surface area contributed by atoms with E-state index in [0.29, 0.717) is 0 Å². The molecule has 0 aromatic carbocycles. The van der Waals surface area contributed by atoms with Gasteiger partial charge in [0.2, 0.25) is 10.0 Å². The Morgan fingerprint density at radius 3 is 1.82 bits per heavy atom. The number of primary sulfonamides is 1.